The third-order valence-corrected chi connectivity index (χ3v) is 5.15. The Hall–Kier alpha value is -1.91. The molecule has 0 radical (unpaired) electrons. The molecular weight excluding hydrogens is 300 g/mol. The fourth-order valence-electron chi connectivity index (χ4n) is 3.65. The van der Waals surface area contributed by atoms with Gasteiger partial charge in [-0.3, -0.25) is 4.99 Å². The standard InChI is InChI=1S/C19H30N4O/c1-24-18-8-6-7-17(13-18)23-12-9-16(15-23)14-21-19(20)22-10-4-2-3-5-11-22/h6-8,13,16H,2-5,9-12,14-15H2,1H3,(H2,20,21). The SMILES string of the molecule is COc1cccc(N2CCC(CN=C(N)N3CCCCCC3)C2)c1. The van der Waals surface area contributed by atoms with E-state index in [1.54, 1.807) is 7.11 Å². The van der Waals surface area contributed by atoms with Gasteiger partial charge in [0.05, 0.1) is 7.11 Å². The first-order valence-electron chi connectivity index (χ1n) is 9.20. The van der Waals surface area contributed by atoms with Crippen molar-refractivity contribution in [1.82, 2.24) is 4.90 Å². The van der Waals surface area contributed by atoms with E-state index in [4.69, 9.17) is 15.5 Å². The molecule has 5 nitrogen and oxygen atoms in total. The van der Waals surface area contributed by atoms with Crippen LogP contribution < -0.4 is 15.4 Å². The molecule has 1 unspecified atom stereocenters. The van der Waals surface area contributed by atoms with E-state index in [-0.39, 0.29) is 0 Å². The Balaban J connectivity index is 1.52. The number of hydrogen-bond acceptors (Lipinski definition) is 3. The number of likely N-dealkylation sites (tertiary alicyclic amines) is 1. The maximum Gasteiger partial charge on any atom is 0.191 e. The van der Waals surface area contributed by atoms with Gasteiger partial charge in [-0.1, -0.05) is 18.9 Å². The number of nitrogens with zero attached hydrogens (tertiary/aromatic N) is 3. The lowest BCUT2D eigenvalue weighted by molar-refractivity contribution is 0.415. The molecule has 0 saturated carbocycles. The maximum atomic E-state index is 6.23. The Bertz CT molecular complexity index is 552. The molecule has 0 aliphatic carbocycles. The van der Waals surface area contributed by atoms with Gasteiger partial charge in [0, 0.05) is 44.5 Å². The minimum atomic E-state index is 0.585. The molecule has 24 heavy (non-hydrogen) atoms. The largest absolute Gasteiger partial charge is 0.497 e. The highest BCUT2D eigenvalue weighted by atomic mass is 16.5. The maximum absolute atomic E-state index is 6.23. The van der Waals surface area contributed by atoms with Crippen molar-refractivity contribution in [2.45, 2.75) is 32.1 Å². The summed E-state index contributed by atoms with van der Waals surface area (Å²) in [6.45, 7) is 5.09. The minimum Gasteiger partial charge on any atom is -0.497 e. The van der Waals surface area contributed by atoms with E-state index >= 15 is 0 Å². The fourth-order valence-corrected chi connectivity index (χ4v) is 3.65. The normalized spacial score (nSPS) is 22.5. The summed E-state index contributed by atoms with van der Waals surface area (Å²) in [5, 5.41) is 0. The highest BCUT2D eigenvalue weighted by Gasteiger charge is 2.23. The topological polar surface area (TPSA) is 54.1 Å². The number of rotatable bonds is 4. The van der Waals surface area contributed by atoms with E-state index in [9.17, 15) is 0 Å². The van der Waals surface area contributed by atoms with Gasteiger partial charge in [0.25, 0.3) is 0 Å². The molecule has 132 valence electrons. The molecule has 2 N–H and O–H groups in total. The van der Waals surface area contributed by atoms with Crippen molar-refractivity contribution < 1.29 is 4.74 Å². The molecule has 1 aromatic rings. The first kappa shape index (κ1) is 16.9. The van der Waals surface area contributed by atoms with Crippen molar-refractivity contribution in [3.8, 4) is 5.75 Å². The molecule has 0 aromatic heterocycles. The Morgan fingerprint density at radius 2 is 2.00 bits per heavy atom. The second-order valence-electron chi connectivity index (χ2n) is 6.90. The molecule has 0 bridgehead atoms. The molecule has 2 saturated heterocycles. The van der Waals surface area contributed by atoms with Gasteiger partial charge in [-0.25, -0.2) is 0 Å². The van der Waals surface area contributed by atoms with Crippen LogP contribution in [0.2, 0.25) is 0 Å². The summed E-state index contributed by atoms with van der Waals surface area (Å²) in [5.41, 5.74) is 7.46. The lowest BCUT2D eigenvalue weighted by atomic mass is 10.1. The Kier molecular flexibility index (Phi) is 5.83. The van der Waals surface area contributed by atoms with Crippen LogP contribution in [0.3, 0.4) is 0 Å². The van der Waals surface area contributed by atoms with Gasteiger partial charge in [0.1, 0.15) is 5.75 Å². The van der Waals surface area contributed by atoms with Crippen molar-refractivity contribution in [1.29, 1.82) is 0 Å². The van der Waals surface area contributed by atoms with E-state index in [0.717, 1.165) is 44.4 Å². The number of benzene rings is 1. The van der Waals surface area contributed by atoms with Gasteiger partial charge >= 0.3 is 0 Å². The first-order chi connectivity index (χ1) is 11.8. The van der Waals surface area contributed by atoms with Crippen molar-refractivity contribution in [2.24, 2.45) is 16.6 Å². The van der Waals surface area contributed by atoms with Crippen molar-refractivity contribution in [2.75, 3.05) is 44.7 Å². The van der Waals surface area contributed by atoms with Crippen LogP contribution in [-0.2, 0) is 0 Å². The van der Waals surface area contributed by atoms with Gasteiger partial charge < -0.3 is 20.3 Å². The van der Waals surface area contributed by atoms with Crippen LogP contribution in [0.25, 0.3) is 0 Å². The molecular formula is C19H30N4O. The number of ether oxygens (including phenoxy) is 1. The molecule has 2 heterocycles. The summed E-state index contributed by atoms with van der Waals surface area (Å²) in [6, 6.07) is 8.30. The number of nitrogens with two attached hydrogens (primary N) is 1. The Morgan fingerprint density at radius 3 is 2.75 bits per heavy atom. The zero-order valence-electron chi connectivity index (χ0n) is 14.8. The van der Waals surface area contributed by atoms with Crippen molar-refractivity contribution in [3.05, 3.63) is 24.3 Å². The zero-order chi connectivity index (χ0) is 16.8. The molecule has 2 aliphatic rings. The van der Waals surface area contributed by atoms with Crippen LogP contribution in [0.1, 0.15) is 32.1 Å². The number of anilines is 1. The summed E-state index contributed by atoms with van der Waals surface area (Å²) < 4.78 is 5.33. The molecule has 0 amide bonds. The number of hydrogen-bond donors (Lipinski definition) is 1. The first-order valence-corrected chi connectivity index (χ1v) is 9.20. The van der Waals surface area contributed by atoms with Gasteiger partial charge in [-0.15, -0.1) is 0 Å². The Morgan fingerprint density at radius 1 is 1.21 bits per heavy atom. The number of aliphatic imine (C=N–C) groups is 1. The summed E-state index contributed by atoms with van der Waals surface area (Å²) in [7, 11) is 1.71. The lowest BCUT2D eigenvalue weighted by Gasteiger charge is -2.22. The average molecular weight is 330 g/mol. The van der Waals surface area contributed by atoms with E-state index in [0.29, 0.717) is 5.92 Å². The Labute approximate surface area is 145 Å². The molecule has 0 spiro atoms. The van der Waals surface area contributed by atoms with E-state index < -0.39 is 0 Å². The summed E-state index contributed by atoms with van der Waals surface area (Å²) in [5.74, 6) is 2.25. The molecule has 1 aromatic carbocycles. The smallest absolute Gasteiger partial charge is 0.191 e. The van der Waals surface area contributed by atoms with E-state index in [2.05, 4.69) is 28.0 Å². The number of guanidine groups is 1. The van der Waals surface area contributed by atoms with E-state index in [1.807, 2.05) is 6.07 Å². The molecule has 2 fully saturated rings. The predicted molar refractivity (Wildman–Crippen MR) is 99.8 cm³/mol. The quantitative estimate of drug-likeness (QED) is 0.681. The predicted octanol–water partition coefficient (Wildman–Crippen LogP) is 2.71. The molecule has 5 heteroatoms. The lowest BCUT2D eigenvalue weighted by Crippen LogP contribution is -2.38. The van der Waals surface area contributed by atoms with Crippen LogP contribution in [-0.4, -0.2) is 50.7 Å². The third-order valence-electron chi connectivity index (χ3n) is 5.15. The molecule has 3 rings (SSSR count). The van der Waals surface area contributed by atoms with Crippen LogP contribution in [0, 0.1) is 5.92 Å². The van der Waals surface area contributed by atoms with Crippen LogP contribution >= 0.6 is 0 Å². The summed E-state index contributed by atoms with van der Waals surface area (Å²) in [4.78, 5) is 9.39. The average Bonchev–Trinajstić information content (AvgIpc) is 2.93. The van der Waals surface area contributed by atoms with Gasteiger partial charge in [0.2, 0.25) is 0 Å². The van der Waals surface area contributed by atoms with E-state index in [1.165, 1.54) is 37.8 Å². The highest BCUT2D eigenvalue weighted by molar-refractivity contribution is 5.78. The highest BCUT2D eigenvalue weighted by Crippen LogP contribution is 2.27. The van der Waals surface area contributed by atoms with Crippen LogP contribution in [0.4, 0.5) is 5.69 Å². The summed E-state index contributed by atoms with van der Waals surface area (Å²) in [6.07, 6.45) is 6.30. The monoisotopic (exact) mass is 330 g/mol. The van der Waals surface area contributed by atoms with Crippen LogP contribution in [0.5, 0.6) is 5.75 Å². The van der Waals surface area contributed by atoms with Crippen molar-refractivity contribution in [3.63, 3.8) is 0 Å². The minimum absolute atomic E-state index is 0.585. The number of methoxy groups -OCH3 is 1. The van der Waals surface area contributed by atoms with Gasteiger partial charge in [-0.2, -0.15) is 0 Å². The second-order valence-corrected chi connectivity index (χ2v) is 6.90. The zero-order valence-corrected chi connectivity index (χ0v) is 14.8. The summed E-state index contributed by atoms with van der Waals surface area (Å²) >= 11 is 0. The van der Waals surface area contributed by atoms with Gasteiger partial charge in [-0.05, 0) is 37.3 Å². The van der Waals surface area contributed by atoms with Crippen molar-refractivity contribution >= 4 is 11.6 Å². The molecule has 1 atom stereocenters. The fraction of sp³-hybridized carbons (Fsp3) is 0.632. The van der Waals surface area contributed by atoms with Crippen LogP contribution in [0.15, 0.2) is 29.3 Å². The molecule has 2 aliphatic heterocycles. The van der Waals surface area contributed by atoms with Gasteiger partial charge in [0.15, 0.2) is 5.96 Å². The second kappa shape index (κ2) is 8.27. The third kappa shape index (κ3) is 4.34.